The monoisotopic (exact) mass is 414 g/mol. The average Bonchev–Trinajstić information content (AvgIpc) is 2.67. The van der Waals surface area contributed by atoms with Crippen LogP contribution in [0.1, 0.15) is 29.5 Å². The first kappa shape index (κ1) is 17.2. The molecular weight excluding hydrogens is 396 g/mol. The highest BCUT2D eigenvalue weighted by atomic mass is 79.9. The number of hydrogen-bond donors (Lipinski definition) is 0. The first-order valence-corrected chi connectivity index (χ1v) is 9.50. The number of aryl methyl sites for hydroxylation is 1. The van der Waals surface area contributed by atoms with Gasteiger partial charge in [0.2, 0.25) is 5.75 Å². The van der Waals surface area contributed by atoms with E-state index in [1.807, 2.05) is 36.4 Å². The lowest BCUT2D eigenvalue weighted by Crippen LogP contribution is -2.16. The predicted octanol–water partition coefficient (Wildman–Crippen LogP) is 5.02. The minimum atomic E-state index is -0.258. The van der Waals surface area contributed by atoms with Gasteiger partial charge in [-0.25, -0.2) is 4.79 Å². The number of benzene rings is 2. The molecule has 0 aliphatic heterocycles. The first-order valence-electron chi connectivity index (χ1n) is 8.71. The minimum absolute atomic E-state index is 0.258. The zero-order valence-electron chi connectivity index (χ0n) is 14.5. The van der Waals surface area contributed by atoms with Gasteiger partial charge in [-0.05, 0) is 49.4 Å². The van der Waals surface area contributed by atoms with Crippen LogP contribution in [-0.2, 0) is 19.4 Å². The SMILES string of the molecule is COc1ccc2c3c(c(=O)oc2c1OCc1ccccc1Br)CCCC3. The fourth-order valence-electron chi connectivity index (χ4n) is 3.53. The third-order valence-corrected chi connectivity index (χ3v) is 5.63. The Bertz CT molecular complexity index is 1020. The van der Waals surface area contributed by atoms with Gasteiger partial charge in [-0.2, -0.15) is 0 Å². The molecule has 0 saturated heterocycles. The maximum Gasteiger partial charge on any atom is 0.339 e. The second-order valence-electron chi connectivity index (χ2n) is 6.41. The van der Waals surface area contributed by atoms with Crippen molar-refractivity contribution < 1.29 is 13.9 Å². The van der Waals surface area contributed by atoms with Crippen molar-refractivity contribution in [3.63, 3.8) is 0 Å². The molecule has 1 aliphatic carbocycles. The Balaban J connectivity index is 1.83. The van der Waals surface area contributed by atoms with Gasteiger partial charge >= 0.3 is 5.63 Å². The van der Waals surface area contributed by atoms with E-state index in [1.54, 1.807) is 7.11 Å². The van der Waals surface area contributed by atoms with Crippen molar-refractivity contribution in [2.75, 3.05) is 7.11 Å². The van der Waals surface area contributed by atoms with Crippen molar-refractivity contribution in [1.82, 2.24) is 0 Å². The molecule has 2 aromatic carbocycles. The summed E-state index contributed by atoms with van der Waals surface area (Å²) in [6.07, 6.45) is 3.80. The van der Waals surface area contributed by atoms with Gasteiger partial charge in [-0.3, -0.25) is 0 Å². The Hall–Kier alpha value is -2.27. The van der Waals surface area contributed by atoms with E-state index in [1.165, 1.54) is 0 Å². The van der Waals surface area contributed by atoms with Gasteiger partial charge in [0.05, 0.1) is 7.11 Å². The summed E-state index contributed by atoms with van der Waals surface area (Å²) in [5, 5.41) is 0.947. The largest absolute Gasteiger partial charge is 0.493 e. The molecule has 26 heavy (non-hydrogen) atoms. The second-order valence-corrected chi connectivity index (χ2v) is 7.26. The molecule has 0 bridgehead atoms. The Morgan fingerprint density at radius 2 is 1.85 bits per heavy atom. The van der Waals surface area contributed by atoms with E-state index >= 15 is 0 Å². The Labute approximate surface area is 159 Å². The quantitative estimate of drug-likeness (QED) is 0.562. The van der Waals surface area contributed by atoms with E-state index in [9.17, 15) is 4.79 Å². The summed E-state index contributed by atoms with van der Waals surface area (Å²) in [5.74, 6) is 1.04. The summed E-state index contributed by atoms with van der Waals surface area (Å²) in [6, 6.07) is 11.7. The number of rotatable bonds is 4. The number of hydrogen-bond acceptors (Lipinski definition) is 4. The molecule has 1 aliphatic rings. The highest BCUT2D eigenvalue weighted by Crippen LogP contribution is 2.39. The van der Waals surface area contributed by atoms with Gasteiger partial charge in [-0.1, -0.05) is 34.1 Å². The average molecular weight is 415 g/mol. The lowest BCUT2D eigenvalue weighted by molar-refractivity contribution is 0.282. The smallest absolute Gasteiger partial charge is 0.339 e. The van der Waals surface area contributed by atoms with E-state index in [4.69, 9.17) is 13.9 Å². The van der Waals surface area contributed by atoms with E-state index in [2.05, 4.69) is 15.9 Å². The maximum atomic E-state index is 12.5. The van der Waals surface area contributed by atoms with Crippen LogP contribution in [0.25, 0.3) is 11.0 Å². The normalized spacial score (nSPS) is 13.5. The van der Waals surface area contributed by atoms with Crippen molar-refractivity contribution in [3.8, 4) is 11.5 Å². The van der Waals surface area contributed by atoms with Gasteiger partial charge in [0.15, 0.2) is 11.3 Å². The van der Waals surface area contributed by atoms with Gasteiger partial charge in [0, 0.05) is 21.0 Å². The van der Waals surface area contributed by atoms with Crippen LogP contribution in [0.5, 0.6) is 11.5 Å². The molecule has 0 amide bonds. The summed E-state index contributed by atoms with van der Waals surface area (Å²) in [7, 11) is 1.59. The third kappa shape index (κ3) is 3.01. The molecular formula is C21H19BrO4. The van der Waals surface area contributed by atoms with Gasteiger partial charge in [0.1, 0.15) is 6.61 Å². The second kappa shape index (κ2) is 7.16. The van der Waals surface area contributed by atoms with Crippen LogP contribution in [0.15, 0.2) is 50.1 Å². The zero-order chi connectivity index (χ0) is 18.1. The van der Waals surface area contributed by atoms with Crippen molar-refractivity contribution in [2.24, 2.45) is 0 Å². The fourth-order valence-corrected chi connectivity index (χ4v) is 3.93. The highest BCUT2D eigenvalue weighted by Gasteiger charge is 2.22. The number of fused-ring (bicyclic) bond motifs is 3. The topological polar surface area (TPSA) is 48.7 Å². The summed E-state index contributed by atoms with van der Waals surface area (Å²) in [6.45, 7) is 0.345. The van der Waals surface area contributed by atoms with E-state index in [0.29, 0.717) is 23.7 Å². The molecule has 0 fully saturated rings. The predicted molar refractivity (Wildman–Crippen MR) is 104 cm³/mol. The molecule has 1 heterocycles. The van der Waals surface area contributed by atoms with E-state index < -0.39 is 0 Å². The molecule has 5 heteroatoms. The fraction of sp³-hybridized carbons (Fsp3) is 0.286. The lowest BCUT2D eigenvalue weighted by Gasteiger charge is -2.18. The molecule has 134 valence electrons. The van der Waals surface area contributed by atoms with E-state index in [0.717, 1.165) is 52.2 Å². The molecule has 0 radical (unpaired) electrons. The number of halogens is 1. The van der Waals surface area contributed by atoms with E-state index in [-0.39, 0.29) is 5.63 Å². The van der Waals surface area contributed by atoms with Crippen molar-refractivity contribution in [1.29, 1.82) is 0 Å². The van der Waals surface area contributed by atoms with Crippen LogP contribution in [0.2, 0.25) is 0 Å². The minimum Gasteiger partial charge on any atom is -0.493 e. The zero-order valence-corrected chi connectivity index (χ0v) is 16.1. The van der Waals surface area contributed by atoms with Crippen molar-refractivity contribution in [3.05, 3.63) is 68.0 Å². The van der Waals surface area contributed by atoms with Crippen LogP contribution in [0.3, 0.4) is 0 Å². The molecule has 4 rings (SSSR count). The summed E-state index contributed by atoms with van der Waals surface area (Å²) < 4.78 is 18.2. The Morgan fingerprint density at radius 1 is 1.08 bits per heavy atom. The summed E-state index contributed by atoms with van der Waals surface area (Å²) in [5.41, 5.74) is 3.13. The van der Waals surface area contributed by atoms with Crippen LogP contribution in [-0.4, -0.2) is 7.11 Å². The molecule has 3 aromatic rings. The molecule has 0 atom stereocenters. The molecule has 4 nitrogen and oxygen atoms in total. The van der Waals surface area contributed by atoms with Gasteiger partial charge in [0.25, 0.3) is 0 Å². The number of ether oxygens (including phenoxy) is 2. The summed E-state index contributed by atoms with van der Waals surface area (Å²) >= 11 is 3.53. The maximum absolute atomic E-state index is 12.5. The standard InChI is InChI=1S/C21H19BrO4/c1-24-18-11-10-15-14-7-3-4-8-16(14)21(23)26-19(15)20(18)25-12-13-6-2-5-9-17(13)22/h2,5-6,9-11H,3-4,7-8,12H2,1H3. The van der Waals surface area contributed by atoms with Gasteiger partial charge in [-0.15, -0.1) is 0 Å². The molecule has 0 unspecified atom stereocenters. The third-order valence-electron chi connectivity index (χ3n) is 4.86. The van der Waals surface area contributed by atoms with Crippen LogP contribution < -0.4 is 15.1 Å². The molecule has 0 spiro atoms. The Morgan fingerprint density at radius 3 is 2.62 bits per heavy atom. The first-order chi connectivity index (χ1) is 12.7. The highest BCUT2D eigenvalue weighted by molar-refractivity contribution is 9.10. The Kier molecular flexibility index (Phi) is 4.72. The van der Waals surface area contributed by atoms with Gasteiger partial charge < -0.3 is 13.9 Å². The molecule has 1 aromatic heterocycles. The van der Waals surface area contributed by atoms with Crippen molar-refractivity contribution >= 4 is 26.9 Å². The van der Waals surface area contributed by atoms with Crippen molar-refractivity contribution in [2.45, 2.75) is 32.3 Å². The van der Waals surface area contributed by atoms with Crippen LogP contribution in [0.4, 0.5) is 0 Å². The summed E-state index contributed by atoms with van der Waals surface area (Å²) in [4.78, 5) is 12.5. The van der Waals surface area contributed by atoms with Crippen LogP contribution >= 0.6 is 15.9 Å². The molecule has 0 N–H and O–H groups in total. The lowest BCUT2D eigenvalue weighted by atomic mass is 9.90. The molecule has 0 saturated carbocycles. The number of methoxy groups -OCH3 is 1. The van der Waals surface area contributed by atoms with Crippen LogP contribution in [0, 0.1) is 0 Å².